The van der Waals surface area contributed by atoms with Gasteiger partial charge in [0.2, 0.25) is 0 Å². The first kappa shape index (κ1) is 25.9. The summed E-state index contributed by atoms with van der Waals surface area (Å²) < 4.78 is 11.3. The lowest BCUT2D eigenvalue weighted by Gasteiger charge is -2.22. The van der Waals surface area contributed by atoms with Gasteiger partial charge in [0.05, 0.1) is 19.3 Å². The number of carbonyl (C=O) groups is 1. The Morgan fingerprint density at radius 3 is 2.84 bits per heavy atom. The molecular formula is C23H37IN4O3. The number of nitrogens with zero attached hydrogens (tertiary/aromatic N) is 2. The molecule has 1 atom stereocenters. The minimum absolute atomic E-state index is 0. The molecule has 1 aromatic carbocycles. The lowest BCUT2D eigenvalue weighted by atomic mass is 10.1. The van der Waals surface area contributed by atoms with E-state index >= 15 is 0 Å². The van der Waals surface area contributed by atoms with Crippen LogP contribution in [0, 0.1) is 5.92 Å². The summed E-state index contributed by atoms with van der Waals surface area (Å²) in [7, 11) is 2.02. The van der Waals surface area contributed by atoms with Crippen LogP contribution in [-0.4, -0.2) is 69.4 Å². The fourth-order valence-corrected chi connectivity index (χ4v) is 3.40. The molecule has 0 bridgehead atoms. The van der Waals surface area contributed by atoms with E-state index < -0.39 is 0 Å². The van der Waals surface area contributed by atoms with E-state index in [0.717, 1.165) is 56.6 Å². The zero-order valence-electron chi connectivity index (χ0n) is 18.8. The average molecular weight is 544 g/mol. The first-order valence-electron chi connectivity index (χ1n) is 11.2. The summed E-state index contributed by atoms with van der Waals surface area (Å²) in [5, 5.41) is 6.31. The minimum Gasteiger partial charge on any atom is -0.379 e. The number of halogens is 1. The highest BCUT2D eigenvalue weighted by Gasteiger charge is 2.21. The van der Waals surface area contributed by atoms with Crippen LogP contribution in [0.2, 0.25) is 0 Å². The van der Waals surface area contributed by atoms with Crippen molar-refractivity contribution in [2.45, 2.75) is 45.3 Å². The predicted octanol–water partition coefficient (Wildman–Crippen LogP) is 3.04. The van der Waals surface area contributed by atoms with Crippen LogP contribution in [0.3, 0.4) is 0 Å². The number of nitrogens with one attached hydrogen (secondary N) is 2. The van der Waals surface area contributed by atoms with Gasteiger partial charge in [-0.1, -0.05) is 12.1 Å². The molecule has 1 aliphatic heterocycles. The molecule has 1 saturated carbocycles. The van der Waals surface area contributed by atoms with Gasteiger partial charge in [0, 0.05) is 45.5 Å². The molecule has 0 spiro atoms. The Morgan fingerprint density at radius 2 is 2.13 bits per heavy atom. The molecule has 1 saturated heterocycles. The Morgan fingerprint density at radius 1 is 1.29 bits per heavy atom. The molecule has 0 radical (unpaired) electrons. The topological polar surface area (TPSA) is 75.2 Å². The molecule has 0 aromatic heterocycles. The maximum Gasteiger partial charge on any atom is 0.251 e. The van der Waals surface area contributed by atoms with Crippen molar-refractivity contribution in [3.63, 3.8) is 0 Å². The SMILES string of the molecule is CCNC(=NCc1cccc(C(=O)NCC2CCCO2)c1)N(C)CCOCC1CC1.I. The summed E-state index contributed by atoms with van der Waals surface area (Å²) in [6.45, 7) is 7.13. The quantitative estimate of drug-likeness (QED) is 0.194. The molecular weight excluding hydrogens is 507 g/mol. The lowest BCUT2D eigenvalue weighted by Crippen LogP contribution is -2.40. The highest BCUT2D eigenvalue weighted by Crippen LogP contribution is 2.28. The highest BCUT2D eigenvalue weighted by atomic mass is 127. The zero-order valence-corrected chi connectivity index (χ0v) is 21.1. The Kier molecular flexibility index (Phi) is 11.6. The lowest BCUT2D eigenvalue weighted by molar-refractivity contribution is 0.0857. The monoisotopic (exact) mass is 544 g/mol. The molecule has 7 nitrogen and oxygen atoms in total. The number of carbonyl (C=O) groups excluding carboxylic acids is 1. The molecule has 2 aliphatic rings. The van der Waals surface area contributed by atoms with E-state index in [2.05, 4.69) is 22.5 Å². The number of guanidine groups is 1. The van der Waals surface area contributed by atoms with Crippen LogP contribution < -0.4 is 10.6 Å². The van der Waals surface area contributed by atoms with Crippen LogP contribution in [0.4, 0.5) is 0 Å². The van der Waals surface area contributed by atoms with Crippen LogP contribution in [0.1, 0.15) is 48.5 Å². The van der Waals surface area contributed by atoms with Gasteiger partial charge in [-0.05, 0) is 56.2 Å². The number of hydrogen-bond donors (Lipinski definition) is 2. The van der Waals surface area contributed by atoms with E-state index in [1.807, 2.05) is 31.3 Å². The van der Waals surface area contributed by atoms with Crippen molar-refractivity contribution >= 4 is 35.8 Å². The van der Waals surface area contributed by atoms with E-state index in [1.54, 1.807) is 0 Å². The smallest absolute Gasteiger partial charge is 0.251 e. The van der Waals surface area contributed by atoms with Gasteiger partial charge in [-0.25, -0.2) is 4.99 Å². The molecule has 3 rings (SSSR count). The van der Waals surface area contributed by atoms with E-state index in [0.29, 0.717) is 25.3 Å². The minimum atomic E-state index is -0.0619. The second-order valence-electron chi connectivity index (χ2n) is 8.16. The second kappa shape index (κ2) is 13.9. The van der Waals surface area contributed by atoms with Crippen molar-refractivity contribution < 1.29 is 14.3 Å². The molecule has 1 unspecified atom stereocenters. The maximum atomic E-state index is 12.5. The summed E-state index contributed by atoms with van der Waals surface area (Å²) in [4.78, 5) is 19.3. The van der Waals surface area contributed by atoms with Gasteiger partial charge in [-0.15, -0.1) is 24.0 Å². The van der Waals surface area contributed by atoms with E-state index in [1.165, 1.54) is 12.8 Å². The zero-order chi connectivity index (χ0) is 21.2. The third-order valence-electron chi connectivity index (χ3n) is 5.43. The van der Waals surface area contributed by atoms with Gasteiger partial charge < -0.3 is 25.0 Å². The van der Waals surface area contributed by atoms with Crippen LogP contribution in [0.15, 0.2) is 29.3 Å². The van der Waals surface area contributed by atoms with Crippen molar-refractivity contribution in [2.75, 3.05) is 46.5 Å². The van der Waals surface area contributed by atoms with E-state index in [9.17, 15) is 4.79 Å². The van der Waals surface area contributed by atoms with Crippen LogP contribution in [0.25, 0.3) is 0 Å². The first-order valence-corrected chi connectivity index (χ1v) is 11.2. The standard InChI is InChI=1S/C23H36N4O3.HI/c1-3-24-23(27(2)11-13-29-17-18-9-10-18)26-15-19-6-4-7-20(14-19)22(28)25-16-21-8-5-12-30-21;/h4,6-7,14,18,21H,3,5,8-13,15-17H2,1-2H3,(H,24,26)(H,25,28);1H. The summed E-state index contributed by atoms with van der Waals surface area (Å²) in [6.07, 6.45) is 4.86. The van der Waals surface area contributed by atoms with Crippen molar-refractivity contribution in [3.8, 4) is 0 Å². The van der Waals surface area contributed by atoms with E-state index in [4.69, 9.17) is 14.5 Å². The molecule has 174 valence electrons. The fourth-order valence-electron chi connectivity index (χ4n) is 3.40. The van der Waals surface area contributed by atoms with Gasteiger partial charge in [0.15, 0.2) is 5.96 Å². The second-order valence-corrected chi connectivity index (χ2v) is 8.16. The maximum absolute atomic E-state index is 12.5. The number of amides is 1. The van der Waals surface area contributed by atoms with Crippen LogP contribution >= 0.6 is 24.0 Å². The largest absolute Gasteiger partial charge is 0.379 e. The van der Waals surface area contributed by atoms with E-state index in [-0.39, 0.29) is 36.0 Å². The molecule has 2 fully saturated rings. The number of rotatable bonds is 11. The molecule has 1 heterocycles. The molecule has 1 aliphatic carbocycles. The van der Waals surface area contributed by atoms with Crippen molar-refractivity contribution in [1.82, 2.24) is 15.5 Å². The highest BCUT2D eigenvalue weighted by molar-refractivity contribution is 14.0. The van der Waals surface area contributed by atoms with Crippen LogP contribution in [-0.2, 0) is 16.0 Å². The summed E-state index contributed by atoms with van der Waals surface area (Å²) in [6, 6.07) is 7.67. The number of aliphatic imine (C=N–C) groups is 1. The molecule has 1 amide bonds. The molecule has 31 heavy (non-hydrogen) atoms. The van der Waals surface area contributed by atoms with Gasteiger partial charge in [-0.3, -0.25) is 4.79 Å². The Bertz CT molecular complexity index is 706. The summed E-state index contributed by atoms with van der Waals surface area (Å²) in [5.74, 6) is 1.57. The third kappa shape index (κ3) is 9.33. The molecule has 2 N–H and O–H groups in total. The van der Waals surface area contributed by atoms with Gasteiger partial charge in [0.1, 0.15) is 0 Å². The predicted molar refractivity (Wildman–Crippen MR) is 134 cm³/mol. The summed E-state index contributed by atoms with van der Waals surface area (Å²) >= 11 is 0. The normalized spacial score (nSPS) is 18.4. The Labute approximate surface area is 203 Å². The number of ether oxygens (including phenoxy) is 2. The number of likely N-dealkylation sites (N-methyl/N-ethyl adjacent to an activating group) is 1. The Hall–Kier alpha value is -1.39. The van der Waals surface area contributed by atoms with Crippen LogP contribution in [0.5, 0.6) is 0 Å². The number of hydrogen-bond acceptors (Lipinski definition) is 4. The summed E-state index contributed by atoms with van der Waals surface area (Å²) in [5.41, 5.74) is 1.67. The van der Waals surface area contributed by atoms with Gasteiger partial charge in [0.25, 0.3) is 5.91 Å². The van der Waals surface area contributed by atoms with Gasteiger partial charge in [-0.2, -0.15) is 0 Å². The first-order chi connectivity index (χ1) is 14.7. The Balaban J connectivity index is 0.00000341. The third-order valence-corrected chi connectivity index (χ3v) is 5.43. The van der Waals surface area contributed by atoms with Crippen molar-refractivity contribution in [3.05, 3.63) is 35.4 Å². The number of benzene rings is 1. The molecule has 8 heteroatoms. The average Bonchev–Trinajstić information content (AvgIpc) is 3.44. The fraction of sp³-hybridized carbons (Fsp3) is 0.652. The van der Waals surface area contributed by atoms with Gasteiger partial charge >= 0.3 is 0 Å². The molecule has 1 aromatic rings. The van der Waals surface area contributed by atoms with Crippen molar-refractivity contribution in [1.29, 1.82) is 0 Å². The van der Waals surface area contributed by atoms with Crippen molar-refractivity contribution in [2.24, 2.45) is 10.9 Å².